The molecule has 0 bridgehead atoms. The number of benzene rings is 1. The van der Waals surface area contributed by atoms with Crippen LogP contribution in [0.3, 0.4) is 0 Å². The van der Waals surface area contributed by atoms with Gasteiger partial charge in [0.2, 0.25) is 0 Å². The van der Waals surface area contributed by atoms with Crippen molar-refractivity contribution < 1.29 is 4.79 Å². The molecule has 2 heterocycles. The largest absolute Gasteiger partial charge is 0.320 e. The molecule has 5 heteroatoms. The normalized spacial score (nSPS) is 11.0. The number of amides is 1. The van der Waals surface area contributed by atoms with Gasteiger partial charge in [0.25, 0.3) is 5.91 Å². The number of halogens is 1. The molecule has 3 rings (SSSR count). The Labute approximate surface area is 140 Å². The van der Waals surface area contributed by atoms with Gasteiger partial charge in [-0.15, -0.1) is 0 Å². The van der Waals surface area contributed by atoms with Crippen LogP contribution in [0.15, 0.2) is 36.5 Å². The second-order valence-electron chi connectivity index (χ2n) is 5.61. The smallest absolute Gasteiger partial charge is 0.274 e. The Morgan fingerprint density at radius 3 is 2.78 bits per heavy atom. The van der Waals surface area contributed by atoms with Gasteiger partial charge in [0.05, 0.1) is 5.69 Å². The lowest BCUT2D eigenvalue weighted by atomic mass is 10.2. The van der Waals surface area contributed by atoms with Crippen LogP contribution < -0.4 is 5.32 Å². The summed E-state index contributed by atoms with van der Waals surface area (Å²) in [5.41, 5.74) is 4.93. The number of anilines is 1. The van der Waals surface area contributed by atoms with Gasteiger partial charge in [0.15, 0.2) is 0 Å². The zero-order chi connectivity index (χ0) is 16.6. The summed E-state index contributed by atoms with van der Waals surface area (Å²) in [5.74, 6) is -0.177. The zero-order valence-corrected chi connectivity index (χ0v) is 14.1. The number of carbonyl (C=O) groups excluding carboxylic acids is 1. The van der Waals surface area contributed by atoms with Crippen LogP contribution >= 0.6 is 11.6 Å². The van der Waals surface area contributed by atoms with Crippen molar-refractivity contribution in [3.05, 3.63) is 64.1 Å². The number of imidazole rings is 1. The highest BCUT2D eigenvalue weighted by Gasteiger charge is 2.19. The fourth-order valence-corrected chi connectivity index (χ4v) is 2.76. The summed E-state index contributed by atoms with van der Waals surface area (Å²) < 4.78 is 1.83. The molecular weight excluding hydrogens is 310 g/mol. The second kappa shape index (κ2) is 6.05. The number of pyridine rings is 1. The molecule has 0 aliphatic rings. The Kier molecular flexibility index (Phi) is 4.09. The Balaban J connectivity index is 2.05. The van der Waals surface area contributed by atoms with Crippen molar-refractivity contribution in [3.63, 3.8) is 0 Å². The van der Waals surface area contributed by atoms with Crippen molar-refractivity contribution in [1.29, 1.82) is 0 Å². The van der Waals surface area contributed by atoms with E-state index in [9.17, 15) is 4.79 Å². The van der Waals surface area contributed by atoms with Crippen LogP contribution in [-0.2, 0) is 6.42 Å². The maximum Gasteiger partial charge on any atom is 0.274 e. The van der Waals surface area contributed by atoms with Gasteiger partial charge in [0, 0.05) is 16.9 Å². The summed E-state index contributed by atoms with van der Waals surface area (Å²) in [6.45, 7) is 5.94. The average Bonchev–Trinajstić information content (AvgIpc) is 2.88. The first-order valence-corrected chi connectivity index (χ1v) is 7.92. The fraction of sp³-hybridized carbons (Fsp3) is 0.222. The minimum absolute atomic E-state index is 0.177. The molecule has 1 amide bonds. The average molecular weight is 328 g/mol. The molecule has 2 aromatic heterocycles. The SMILES string of the molecule is CCc1nc2cc(C)ccn2c1C(=O)Nc1cc(Cl)ccc1C. The lowest BCUT2D eigenvalue weighted by Gasteiger charge is -2.10. The highest BCUT2D eigenvalue weighted by Crippen LogP contribution is 2.22. The molecular formula is C18H18ClN3O. The quantitative estimate of drug-likeness (QED) is 0.774. The lowest BCUT2D eigenvalue weighted by Crippen LogP contribution is -2.17. The third kappa shape index (κ3) is 2.94. The van der Waals surface area contributed by atoms with E-state index in [1.165, 1.54) is 0 Å². The van der Waals surface area contributed by atoms with Gasteiger partial charge >= 0.3 is 0 Å². The third-order valence-electron chi connectivity index (χ3n) is 3.85. The maximum atomic E-state index is 12.8. The van der Waals surface area contributed by atoms with E-state index in [1.807, 2.05) is 49.6 Å². The first-order valence-electron chi connectivity index (χ1n) is 7.54. The van der Waals surface area contributed by atoms with Gasteiger partial charge in [-0.2, -0.15) is 0 Å². The van der Waals surface area contributed by atoms with Crippen LogP contribution in [0.5, 0.6) is 0 Å². The summed E-state index contributed by atoms with van der Waals surface area (Å²) in [6.07, 6.45) is 2.58. The van der Waals surface area contributed by atoms with E-state index in [-0.39, 0.29) is 5.91 Å². The maximum absolute atomic E-state index is 12.8. The van der Waals surface area contributed by atoms with E-state index < -0.39 is 0 Å². The van der Waals surface area contributed by atoms with Gasteiger partial charge in [-0.25, -0.2) is 4.98 Å². The lowest BCUT2D eigenvalue weighted by molar-refractivity contribution is 0.102. The molecule has 3 aromatic rings. The van der Waals surface area contributed by atoms with Gasteiger partial charge in [-0.1, -0.05) is 24.6 Å². The molecule has 23 heavy (non-hydrogen) atoms. The fourth-order valence-electron chi connectivity index (χ4n) is 2.59. The predicted molar refractivity (Wildman–Crippen MR) is 93.4 cm³/mol. The van der Waals surface area contributed by atoms with Crippen LogP contribution in [0.4, 0.5) is 5.69 Å². The van der Waals surface area contributed by atoms with E-state index in [4.69, 9.17) is 11.6 Å². The molecule has 0 radical (unpaired) electrons. The molecule has 0 unspecified atom stereocenters. The number of hydrogen-bond acceptors (Lipinski definition) is 2. The molecule has 0 spiro atoms. The standard InChI is InChI=1S/C18H18ClN3O/c1-4-14-17(22-8-7-11(2)9-16(22)20-14)18(23)21-15-10-13(19)6-5-12(15)3/h5-10H,4H2,1-3H3,(H,21,23). The van der Waals surface area contributed by atoms with Crippen molar-refractivity contribution in [2.24, 2.45) is 0 Å². The Morgan fingerprint density at radius 2 is 2.04 bits per heavy atom. The molecule has 118 valence electrons. The summed E-state index contributed by atoms with van der Waals surface area (Å²) >= 11 is 6.03. The molecule has 0 fully saturated rings. The summed E-state index contributed by atoms with van der Waals surface area (Å²) in [7, 11) is 0. The highest BCUT2D eigenvalue weighted by atomic mass is 35.5. The Morgan fingerprint density at radius 1 is 1.26 bits per heavy atom. The Hall–Kier alpha value is -2.33. The number of hydrogen-bond donors (Lipinski definition) is 1. The monoisotopic (exact) mass is 327 g/mol. The van der Waals surface area contributed by atoms with Crippen LogP contribution in [0.2, 0.25) is 5.02 Å². The van der Waals surface area contributed by atoms with E-state index in [2.05, 4.69) is 10.3 Å². The van der Waals surface area contributed by atoms with Crippen LogP contribution in [-0.4, -0.2) is 15.3 Å². The number of rotatable bonds is 3. The molecule has 0 saturated carbocycles. The van der Waals surface area contributed by atoms with Gasteiger partial charge < -0.3 is 5.32 Å². The summed E-state index contributed by atoms with van der Waals surface area (Å²) in [5, 5.41) is 3.54. The molecule has 0 saturated heterocycles. The number of nitrogens with one attached hydrogen (secondary N) is 1. The predicted octanol–water partition coefficient (Wildman–Crippen LogP) is 4.42. The van der Waals surface area contributed by atoms with Gasteiger partial charge in [-0.05, 0) is 55.7 Å². The van der Waals surface area contributed by atoms with Crippen molar-refractivity contribution in [2.45, 2.75) is 27.2 Å². The van der Waals surface area contributed by atoms with Gasteiger partial charge in [-0.3, -0.25) is 9.20 Å². The van der Waals surface area contributed by atoms with Crippen molar-refractivity contribution in [2.75, 3.05) is 5.32 Å². The number of nitrogens with zero attached hydrogens (tertiary/aromatic N) is 2. The number of carbonyl (C=O) groups is 1. The first-order chi connectivity index (χ1) is 11.0. The molecule has 1 N–H and O–H groups in total. The second-order valence-corrected chi connectivity index (χ2v) is 6.04. The Bertz CT molecular complexity index is 899. The number of aromatic nitrogens is 2. The molecule has 0 aliphatic heterocycles. The zero-order valence-electron chi connectivity index (χ0n) is 13.4. The van der Waals surface area contributed by atoms with E-state index in [0.717, 1.165) is 22.5 Å². The topological polar surface area (TPSA) is 46.4 Å². The third-order valence-corrected chi connectivity index (χ3v) is 4.09. The van der Waals surface area contributed by atoms with Crippen LogP contribution in [0, 0.1) is 13.8 Å². The molecule has 1 aromatic carbocycles. The minimum Gasteiger partial charge on any atom is -0.320 e. The highest BCUT2D eigenvalue weighted by molar-refractivity contribution is 6.31. The number of fused-ring (bicyclic) bond motifs is 1. The van der Waals surface area contributed by atoms with Gasteiger partial charge in [0.1, 0.15) is 11.3 Å². The molecule has 4 nitrogen and oxygen atoms in total. The van der Waals surface area contributed by atoms with Crippen molar-refractivity contribution in [1.82, 2.24) is 9.38 Å². The molecule has 0 atom stereocenters. The first kappa shape index (κ1) is 15.6. The van der Waals surface area contributed by atoms with Crippen molar-refractivity contribution >= 4 is 28.8 Å². The van der Waals surface area contributed by atoms with Crippen LogP contribution in [0.1, 0.15) is 34.2 Å². The minimum atomic E-state index is -0.177. The molecule has 0 aliphatic carbocycles. The van der Waals surface area contributed by atoms with E-state index in [0.29, 0.717) is 22.8 Å². The van der Waals surface area contributed by atoms with E-state index >= 15 is 0 Å². The summed E-state index contributed by atoms with van der Waals surface area (Å²) in [4.78, 5) is 17.4. The van der Waals surface area contributed by atoms with E-state index in [1.54, 1.807) is 12.1 Å². The number of aryl methyl sites for hydroxylation is 3. The summed E-state index contributed by atoms with van der Waals surface area (Å²) in [6, 6.07) is 9.39. The van der Waals surface area contributed by atoms with Crippen LogP contribution in [0.25, 0.3) is 5.65 Å². The van der Waals surface area contributed by atoms with Crippen molar-refractivity contribution in [3.8, 4) is 0 Å².